The number of rotatable bonds is 4. The maximum Gasteiger partial charge on any atom is 0.265 e. The van der Waals surface area contributed by atoms with Crippen LogP contribution >= 0.6 is 15.9 Å². The maximum atomic E-state index is 13.0. The van der Waals surface area contributed by atoms with E-state index in [4.69, 9.17) is 0 Å². The van der Waals surface area contributed by atoms with Gasteiger partial charge in [0.2, 0.25) is 0 Å². The molecular weight excluding hydrogens is 402 g/mol. The first kappa shape index (κ1) is 18.5. The third-order valence-corrected chi connectivity index (χ3v) is 6.40. The number of nitrogens with zero attached hydrogens (tertiary/aromatic N) is 2. The van der Waals surface area contributed by atoms with Crippen LogP contribution in [0.25, 0.3) is 0 Å². The van der Waals surface area contributed by atoms with Crippen LogP contribution < -0.4 is 4.72 Å². The monoisotopic (exact) mass is 425 g/mol. The van der Waals surface area contributed by atoms with Crippen LogP contribution in [-0.4, -0.2) is 18.2 Å². The van der Waals surface area contributed by atoms with Crippen LogP contribution in [-0.2, 0) is 15.4 Å². The van der Waals surface area contributed by atoms with Gasteiger partial charge in [0.25, 0.3) is 10.0 Å². The van der Waals surface area contributed by atoms with Gasteiger partial charge in [-0.25, -0.2) is 8.42 Å². The van der Waals surface area contributed by atoms with Gasteiger partial charge in [-0.2, -0.15) is 5.10 Å². The molecule has 0 atom stereocenters. The zero-order valence-corrected chi connectivity index (χ0v) is 17.2. The lowest BCUT2D eigenvalue weighted by atomic mass is 9.92. The van der Waals surface area contributed by atoms with Gasteiger partial charge in [0.05, 0.1) is 11.7 Å². The van der Waals surface area contributed by atoms with Gasteiger partial charge in [0, 0.05) is 21.8 Å². The molecule has 7 heteroatoms. The van der Waals surface area contributed by atoms with E-state index in [0.29, 0.717) is 17.4 Å². The molecule has 0 amide bonds. The van der Waals surface area contributed by atoms with Crippen LogP contribution in [0, 0.1) is 0 Å². The van der Waals surface area contributed by atoms with Crippen molar-refractivity contribution in [2.24, 2.45) is 0 Å². The normalized spacial score (nSPS) is 16.3. The van der Waals surface area contributed by atoms with Crippen molar-refractivity contribution in [3.05, 3.63) is 40.6 Å². The van der Waals surface area contributed by atoms with E-state index in [1.54, 1.807) is 18.3 Å². The van der Waals surface area contributed by atoms with E-state index >= 15 is 0 Å². The van der Waals surface area contributed by atoms with E-state index in [-0.39, 0.29) is 10.3 Å². The fourth-order valence-electron chi connectivity index (χ4n) is 3.18. The molecule has 0 aliphatic heterocycles. The van der Waals surface area contributed by atoms with E-state index in [1.165, 1.54) is 12.8 Å². The molecule has 0 unspecified atom stereocenters. The molecule has 0 saturated heterocycles. The average molecular weight is 426 g/mol. The molecule has 5 nitrogen and oxygen atoms in total. The molecule has 1 N–H and O–H groups in total. The van der Waals surface area contributed by atoms with Gasteiger partial charge in [0.1, 0.15) is 4.90 Å². The van der Waals surface area contributed by atoms with Gasteiger partial charge >= 0.3 is 0 Å². The van der Waals surface area contributed by atoms with Gasteiger partial charge in [-0.1, -0.05) is 49.5 Å². The number of halogens is 1. The average Bonchev–Trinajstić information content (AvgIpc) is 3.17. The summed E-state index contributed by atoms with van der Waals surface area (Å²) in [5.74, 6) is 0. The predicted molar refractivity (Wildman–Crippen MR) is 103 cm³/mol. The Morgan fingerprint density at radius 3 is 2.32 bits per heavy atom. The number of anilines is 1. The van der Waals surface area contributed by atoms with Crippen LogP contribution in [0.4, 0.5) is 5.69 Å². The summed E-state index contributed by atoms with van der Waals surface area (Å²) < 4.78 is 31.5. The Hall–Kier alpha value is -1.34. The van der Waals surface area contributed by atoms with Crippen LogP contribution in [0.2, 0.25) is 0 Å². The summed E-state index contributed by atoms with van der Waals surface area (Å²) in [5.41, 5.74) is 0.800. The van der Waals surface area contributed by atoms with Crippen molar-refractivity contribution in [3.63, 3.8) is 0 Å². The molecule has 1 aromatic heterocycles. The lowest BCUT2D eigenvalue weighted by molar-refractivity contribution is 0.448. The summed E-state index contributed by atoms with van der Waals surface area (Å²) in [7, 11) is -3.70. The van der Waals surface area contributed by atoms with Crippen molar-refractivity contribution in [1.29, 1.82) is 0 Å². The van der Waals surface area contributed by atoms with Gasteiger partial charge in [-0.15, -0.1) is 0 Å². The van der Waals surface area contributed by atoms with Crippen molar-refractivity contribution in [3.8, 4) is 0 Å². The first-order valence-corrected chi connectivity index (χ1v) is 10.8. The zero-order valence-electron chi connectivity index (χ0n) is 14.8. The molecular formula is C18H24BrN3O2S. The molecule has 0 bridgehead atoms. The quantitative estimate of drug-likeness (QED) is 0.760. The third-order valence-electron chi connectivity index (χ3n) is 4.49. The Balaban J connectivity index is 1.99. The zero-order chi connectivity index (χ0) is 18.2. The van der Waals surface area contributed by atoms with Crippen molar-refractivity contribution < 1.29 is 8.42 Å². The summed E-state index contributed by atoms with van der Waals surface area (Å²) in [4.78, 5) is 0.273. The number of hydrogen-bond acceptors (Lipinski definition) is 3. The van der Waals surface area contributed by atoms with E-state index in [0.717, 1.165) is 17.3 Å². The number of nitrogens with one attached hydrogen (secondary N) is 1. The van der Waals surface area contributed by atoms with Crippen LogP contribution in [0.5, 0.6) is 0 Å². The summed E-state index contributed by atoms with van der Waals surface area (Å²) in [5, 5.41) is 4.68. The molecule has 1 aliphatic rings. The maximum absolute atomic E-state index is 13.0. The lowest BCUT2D eigenvalue weighted by Crippen LogP contribution is -2.20. The highest BCUT2D eigenvalue weighted by Gasteiger charge is 2.32. The topological polar surface area (TPSA) is 64.0 Å². The minimum Gasteiger partial charge on any atom is -0.280 e. The Kier molecular flexibility index (Phi) is 4.99. The molecule has 2 aromatic rings. The van der Waals surface area contributed by atoms with Crippen molar-refractivity contribution in [2.45, 2.75) is 62.8 Å². The minimum atomic E-state index is -3.70. The molecule has 1 aromatic carbocycles. The first-order valence-electron chi connectivity index (χ1n) is 8.55. The summed E-state index contributed by atoms with van der Waals surface area (Å²) >= 11 is 3.36. The number of benzene rings is 1. The second-order valence-electron chi connectivity index (χ2n) is 7.62. The standard InChI is InChI=1S/C18H24BrN3O2S/c1-18(2,3)17-16(12-22(20-17)15-6-4-5-7-15)25(23,24)21-14-10-8-13(19)9-11-14/h8-12,15,21H,4-7H2,1-3H3. The molecule has 1 saturated carbocycles. The summed E-state index contributed by atoms with van der Waals surface area (Å²) in [6, 6.07) is 7.40. The Labute approximate surface area is 158 Å². The number of hydrogen-bond donors (Lipinski definition) is 1. The molecule has 25 heavy (non-hydrogen) atoms. The number of sulfonamides is 1. The minimum absolute atomic E-state index is 0.273. The van der Waals surface area contributed by atoms with Crippen molar-refractivity contribution >= 4 is 31.6 Å². The Morgan fingerprint density at radius 1 is 1.16 bits per heavy atom. The van der Waals surface area contributed by atoms with Crippen molar-refractivity contribution in [2.75, 3.05) is 4.72 Å². The highest BCUT2D eigenvalue weighted by atomic mass is 79.9. The van der Waals surface area contributed by atoms with E-state index < -0.39 is 10.0 Å². The van der Waals surface area contributed by atoms with E-state index in [1.807, 2.05) is 37.6 Å². The Bertz CT molecular complexity index is 845. The third kappa shape index (κ3) is 4.08. The molecule has 0 radical (unpaired) electrons. The number of aromatic nitrogens is 2. The lowest BCUT2D eigenvalue weighted by Gasteiger charge is -2.18. The smallest absolute Gasteiger partial charge is 0.265 e. The molecule has 1 fully saturated rings. The largest absolute Gasteiger partial charge is 0.280 e. The van der Waals surface area contributed by atoms with Gasteiger partial charge in [-0.05, 0) is 37.1 Å². The van der Waals surface area contributed by atoms with Crippen LogP contribution in [0.1, 0.15) is 58.2 Å². The van der Waals surface area contributed by atoms with E-state index in [9.17, 15) is 8.42 Å². The molecule has 0 spiro atoms. The fraction of sp³-hybridized carbons (Fsp3) is 0.500. The fourth-order valence-corrected chi connectivity index (χ4v) is 4.84. The highest BCUT2D eigenvalue weighted by Crippen LogP contribution is 2.34. The summed E-state index contributed by atoms with van der Waals surface area (Å²) in [6.07, 6.45) is 6.18. The van der Waals surface area contributed by atoms with Crippen LogP contribution in [0.3, 0.4) is 0 Å². The van der Waals surface area contributed by atoms with Gasteiger partial charge in [0.15, 0.2) is 0 Å². The highest BCUT2D eigenvalue weighted by molar-refractivity contribution is 9.10. The Morgan fingerprint density at radius 2 is 1.76 bits per heavy atom. The SMILES string of the molecule is CC(C)(C)c1nn(C2CCCC2)cc1S(=O)(=O)Nc1ccc(Br)cc1. The van der Waals surface area contributed by atoms with Crippen LogP contribution in [0.15, 0.2) is 39.8 Å². The van der Waals surface area contributed by atoms with Gasteiger partial charge < -0.3 is 0 Å². The summed E-state index contributed by atoms with van der Waals surface area (Å²) in [6.45, 7) is 5.98. The molecule has 3 rings (SSSR count). The first-order chi connectivity index (χ1) is 11.7. The second kappa shape index (κ2) is 6.76. The molecule has 136 valence electrons. The predicted octanol–water partition coefficient (Wildman–Crippen LogP) is 4.86. The van der Waals surface area contributed by atoms with Crippen molar-refractivity contribution in [1.82, 2.24) is 9.78 Å². The van der Waals surface area contributed by atoms with E-state index in [2.05, 4.69) is 25.8 Å². The molecule has 1 aliphatic carbocycles. The second-order valence-corrected chi connectivity index (χ2v) is 10.2. The van der Waals surface area contributed by atoms with Gasteiger partial charge in [-0.3, -0.25) is 9.40 Å². The molecule has 1 heterocycles.